The molecule has 4 rings (SSSR count). The number of pyridine rings is 2. The van der Waals surface area contributed by atoms with E-state index in [4.69, 9.17) is 9.68 Å². The van der Waals surface area contributed by atoms with Gasteiger partial charge >= 0.3 is 23.6 Å². The van der Waals surface area contributed by atoms with Crippen molar-refractivity contribution < 1.29 is 38.4 Å². The lowest BCUT2D eigenvalue weighted by molar-refractivity contribution is -1.03. The molecule has 0 fully saturated rings. The molecule has 0 bridgehead atoms. The summed E-state index contributed by atoms with van der Waals surface area (Å²) in [7, 11) is 0. The summed E-state index contributed by atoms with van der Waals surface area (Å²) in [6.45, 7) is -0.339. The third-order valence-electron chi connectivity index (χ3n) is 6.53. The standard InChI is InChI=1S/C24H26Br2N8O8/c25-19-3-1-17(11-29-19)15-33(9-7-27-21(33)13-31(37)38)41-23(35)5-6-24(36)42-34(10-8-28-22(34)14-32(39)40)16-18-2-4-20(26)30-12-18/h1-4,11-12H,5-10,13-16H2/q+2. The van der Waals surface area contributed by atoms with Crippen molar-refractivity contribution in [3.05, 3.63) is 77.2 Å². The van der Waals surface area contributed by atoms with Gasteiger partial charge in [0.05, 0.1) is 25.9 Å². The lowest BCUT2D eigenvalue weighted by Gasteiger charge is -2.30. The summed E-state index contributed by atoms with van der Waals surface area (Å²) in [6, 6.07) is 6.88. The van der Waals surface area contributed by atoms with Crippen LogP contribution in [0.2, 0.25) is 0 Å². The van der Waals surface area contributed by atoms with Crippen LogP contribution in [0.15, 0.2) is 55.9 Å². The maximum absolute atomic E-state index is 13.0. The van der Waals surface area contributed by atoms with E-state index in [2.05, 4.69) is 51.8 Å². The van der Waals surface area contributed by atoms with Gasteiger partial charge in [-0.15, -0.1) is 0 Å². The summed E-state index contributed by atoms with van der Waals surface area (Å²) in [4.78, 5) is 75.8. The number of aliphatic imine (C=N–C) groups is 2. The first-order chi connectivity index (χ1) is 20.0. The van der Waals surface area contributed by atoms with E-state index < -0.39 is 57.0 Å². The zero-order chi connectivity index (χ0) is 30.3. The minimum absolute atomic E-state index is 0.0606. The largest absolute Gasteiger partial charge is 0.367 e. The van der Waals surface area contributed by atoms with E-state index in [0.717, 1.165) is 0 Å². The predicted molar refractivity (Wildman–Crippen MR) is 151 cm³/mol. The maximum Gasteiger partial charge on any atom is 0.367 e. The van der Waals surface area contributed by atoms with Crippen molar-refractivity contribution in [2.45, 2.75) is 25.9 Å². The van der Waals surface area contributed by atoms with E-state index in [1.54, 1.807) is 36.7 Å². The van der Waals surface area contributed by atoms with Crippen molar-refractivity contribution in [1.82, 2.24) is 9.97 Å². The van der Waals surface area contributed by atoms with Gasteiger partial charge in [-0.2, -0.15) is 0 Å². The topological polar surface area (TPSA) is 189 Å². The predicted octanol–water partition coefficient (Wildman–Crippen LogP) is 2.41. The van der Waals surface area contributed by atoms with Crippen molar-refractivity contribution >= 4 is 55.5 Å². The SMILES string of the molecule is O=C(CCC(=O)O[N+]1(Cc2ccc(Br)nc2)CCN=C1C[N+](=O)[O-])O[N+]1(Cc2ccc(Br)nc2)CCN=C1C[N+](=O)[O-]. The number of halogens is 2. The van der Waals surface area contributed by atoms with Crippen LogP contribution in [-0.2, 0) is 32.4 Å². The van der Waals surface area contributed by atoms with E-state index in [1.807, 2.05) is 0 Å². The number of hydrogen-bond donors (Lipinski definition) is 0. The Kier molecular flexibility index (Phi) is 10.0. The Morgan fingerprint density at radius 1 is 0.762 bits per heavy atom. The molecule has 4 heterocycles. The smallest absolute Gasteiger partial charge is 0.270 e. The average molecular weight is 714 g/mol. The fourth-order valence-corrected chi connectivity index (χ4v) is 5.13. The molecule has 2 aliphatic rings. The summed E-state index contributed by atoms with van der Waals surface area (Å²) in [5.41, 5.74) is 1.31. The highest BCUT2D eigenvalue weighted by molar-refractivity contribution is 9.10. The van der Waals surface area contributed by atoms with Crippen LogP contribution in [0, 0.1) is 20.2 Å². The van der Waals surface area contributed by atoms with Crippen LogP contribution in [-0.4, -0.2) is 92.0 Å². The monoisotopic (exact) mass is 712 g/mol. The van der Waals surface area contributed by atoms with Crippen LogP contribution in [0.5, 0.6) is 0 Å². The number of aromatic nitrogens is 2. The Morgan fingerprint density at radius 2 is 1.17 bits per heavy atom. The lowest BCUT2D eigenvalue weighted by atomic mass is 10.2. The molecule has 0 aliphatic carbocycles. The fourth-order valence-electron chi connectivity index (χ4n) is 4.66. The van der Waals surface area contributed by atoms with E-state index in [9.17, 15) is 29.8 Å². The van der Waals surface area contributed by atoms with E-state index >= 15 is 0 Å². The first-order valence-electron chi connectivity index (χ1n) is 12.7. The molecule has 2 aliphatic heterocycles. The lowest BCUT2D eigenvalue weighted by Crippen LogP contribution is -2.54. The number of nitro groups is 2. The van der Waals surface area contributed by atoms with Gasteiger partial charge in [0.1, 0.15) is 22.3 Å². The Morgan fingerprint density at radius 3 is 1.50 bits per heavy atom. The van der Waals surface area contributed by atoms with Crippen molar-refractivity contribution in [3.63, 3.8) is 0 Å². The summed E-state index contributed by atoms with van der Waals surface area (Å²) in [5.74, 6) is -1.44. The van der Waals surface area contributed by atoms with Gasteiger partial charge in [0, 0.05) is 33.4 Å². The quantitative estimate of drug-likeness (QED) is 0.129. The van der Waals surface area contributed by atoms with Gasteiger partial charge in [0.2, 0.25) is 0 Å². The van der Waals surface area contributed by atoms with E-state index in [-0.39, 0.29) is 50.9 Å². The van der Waals surface area contributed by atoms with Crippen LogP contribution < -0.4 is 0 Å². The molecule has 2 unspecified atom stereocenters. The molecule has 0 amide bonds. The zero-order valence-electron chi connectivity index (χ0n) is 22.1. The van der Waals surface area contributed by atoms with Gasteiger partial charge < -0.3 is 0 Å². The number of carbonyl (C=O) groups excluding carboxylic acids is 2. The van der Waals surface area contributed by atoms with E-state index in [1.165, 1.54) is 0 Å². The van der Waals surface area contributed by atoms with Crippen molar-refractivity contribution in [2.24, 2.45) is 9.98 Å². The second-order valence-corrected chi connectivity index (χ2v) is 11.1. The first kappa shape index (κ1) is 31.2. The molecule has 0 spiro atoms. The number of amidine groups is 2. The highest BCUT2D eigenvalue weighted by Gasteiger charge is 2.48. The van der Waals surface area contributed by atoms with Crippen molar-refractivity contribution in [3.8, 4) is 0 Å². The molecule has 0 N–H and O–H groups in total. The third kappa shape index (κ3) is 7.96. The highest BCUT2D eigenvalue weighted by atomic mass is 79.9. The molecule has 0 aromatic carbocycles. The first-order valence-corrected chi connectivity index (χ1v) is 14.3. The normalized spacial score (nSPS) is 21.4. The molecule has 0 saturated heterocycles. The molecular weight excluding hydrogens is 688 g/mol. The minimum atomic E-state index is -0.792. The van der Waals surface area contributed by atoms with Gasteiger partial charge in [-0.05, 0) is 56.1 Å². The molecule has 16 nitrogen and oxygen atoms in total. The number of carbonyl (C=O) groups is 2. The summed E-state index contributed by atoms with van der Waals surface area (Å²) in [5, 5.41) is 22.6. The fraction of sp³-hybridized carbons (Fsp3) is 0.417. The number of hydroxylamine groups is 6. The Bertz CT molecular complexity index is 1320. The Hall–Kier alpha value is -3.74. The van der Waals surface area contributed by atoms with Gasteiger partial charge in [0.25, 0.3) is 13.1 Å². The number of hydrogen-bond acceptors (Lipinski definition) is 12. The summed E-state index contributed by atoms with van der Waals surface area (Å²) in [6.07, 6.45) is 2.32. The van der Waals surface area contributed by atoms with Gasteiger partial charge in [0.15, 0.2) is 13.1 Å². The maximum atomic E-state index is 13.0. The molecule has 2 aromatic rings. The summed E-state index contributed by atoms with van der Waals surface area (Å²) < 4.78 is 0.147. The number of quaternary nitrogens is 2. The number of rotatable bonds is 13. The number of nitrogens with zero attached hydrogens (tertiary/aromatic N) is 8. The van der Waals surface area contributed by atoms with Gasteiger partial charge in [-0.1, -0.05) is 9.29 Å². The minimum Gasteiger partial charge on any atom is -0.270 e. The van der Waals surface area contributed by atoms with Crippen molar-refractivity contribution in [2.75, 3.05) is 39.3 Å². The van der Waals surface area contributed by atoms with Gasteiger partial charge in [-0.25, -0.2) is 29.5 Å². The molecule has 42 heavy (non-hydrogen) atoms. The van der Waals surface area contributed by atoms with Crippen LogP contribution in [0.1, 0.15) is 24.0 Å². The van der Waals surface area contributed by atoms with Crippen LogP contribution >= 0.6 is 31.9 Å². The van der Waals surface area contributed by atoms with Crippen LogP contribution in [0.3, 0.4) is 0 Å². The molecule has 0 saturated carbocycles. The highest BCUT2D eigenvalue weighted by Crippen LogP contribution is 2.25. The average Bonchev–Trinajstić information content (AvgIpc) is 3.48. The molecule has 2 atom stereocenters. The molecule has 18 heteroatoms. The summed E-state index contributed by atoms with van der Waals surface area (Å²) >= 11 is 6.51. The van der Waals surface area contributed by atoms with E-state index in [0.29, 0.717) is 20.3 Å². The van der Waals surface area contributed by atoms with Crippen LogP contribution in [0.4, 0.5) is 0 Å². The van der Waals surface area contributed by atoms with Gasteiger partial charge in [-0.3, -0.25) is 29.9 Å². The molecule has 0 radical (unpaired) electrons. The molecule has 2 aromatic heterocycles. The third-order valence-corrected chi connectivity index (χ3v) is 7.47. The molecule has 222 valence electrons. The Balaban J connectivity index is 1.46. The molecular formula is C24H26Br2N8O8+2. The second-order valence-electron chi connectivity index (χ2n) is 9.52. The Labute approximate surface area is 255 Å². The van der Waals surface area contributed by atoms with Crippen molar-refractivity contribution in [1.29, 1.82) is 0 Å². The zero-order valence-corrected chi connectivity index (χ0v) is 25.3. The van der Waals surface area contributed by atoms with Crippen LogP contribution in [0.25, 0.3) is 0 Å². The second kappa shape index (κ2) is 13.5.